The summed E-state index contributed by atoms with van der Waals surface area (Å²) in [5.41, 5.74) is 1.27. The largest absolute Gasteiger partial charge is 0.494 e. The van der Waals surface area contributed by atoms with Crippen molar-refractivity contribution in [2.75, 3.05) is 13.7 Å². The lowest BCUT2D eigenvalue weighted by Gasteiger charge is -2.09. The number of hydrogen-bond donors (Lipinski definition) is 1. The van der Waals surface area contributed by atoms with Gasteiger partial charge in [0.1, 0.15) is 5.75 Å². The molecule has 0 spiro atoms. The van der Waals surface area contributed by atoms with Gasteiger partial charge in [0.15, 0.2) is 0 Å². The predicted molar refractivity (Wildman–Crippen MR) is 68.8 cm³/mol. The topological polar surface area (TPSA) is 21.3 Å². The summed E-state index contributed by atoms with van der Waals surface area (Å²) in [6.45, 7) is 6.20. The third kappa shape index (κ3) is 5.17. The molecule has 0 aliphatic rings. The Balaban J connectivity index is 2.33. The van der Waals surface area contributed by atoms with Crippen molar-refractivity contribution in [1.29, 1.82) is 0 Å². The number of benzene rings is 1. The Labute approximate surface area is 99.0 Å². The van der Waals surface area contributed by atoms with Crippen LogP contribution in [0.2, 0.25) is 0 Å². The third-order valence-corrected chi connectivity index (χ3v) is 2.47. The molecule has 1 N–H and O–H groups in total. The highest BCUT2D eigenvalue weighted by molar-refractivity contribution is 5.28. The molecule has 2 nitrogen and oxygen atoms in total. The second kappa shape index (κ2) is 7.29. The molecule has 1 rings (SSSR count). The van der Waals surface area contributed by atoms with Crippen LogP contribution in [-0.4, -0.2) is 13.7 Å². The molecule has 0 atom stereocenters. The van der Waals surface area contributed by atoms with Gasteiger partial charge in [-0.1, -0.05) is 26.0 Å². The first-order chi connectivity index (χ1) is 7.72. The molecule has 0 saturated heterocycles. The molecule has 0 radical (unpaired) electrons. The van der Waals surface area contributed by atoms with Crippen molar-refractivity contribution in [3.05, 3.63) is 29.8 Å². The second-order valence-electron chi connectivity index (χ2n) is 4.56. The third-order valence-electron chi connectivity index (χ3n) is 2.47. The van der Waals surface area contributed by atoms with Gasteiger partial charge in [0, 0.05) is 6.54 Å². The van der Waals surface area contributed by atoms with E-state index in [-0.39, 0.29) is 0 Å². The van der Waals surface area contributed by atoms with E-state index in [2.05, 4.69) is 31.3 Å². The molecule has 0 bridgehead atoms. The Morgan fingerprint density at radius 1 is 1.31 bits per heavy atom. The van der Waals surface area contributed by atoms with Gasteiger partial charge >= 0.3 is 0 Å². The van der Waals surface area contributed by atoms with Gasteiger partial charge in [-0.2, -0.15) is 0 Å². The second-order valence-corrected chi connectivity index (χ2v) is 4.56. The van der Waals surface area contributed by atoms with Crippen LogP contribution in [0.25, 0.3) is 0 Å². The van der Waals surface area contributed by atoms with E-state index in [1.807, 2.05) is 19.2 Å². The van der Waals surface area contributed by atoms with Crippen molar-refractivity contribution in [3.8, 4) is 5.75 Å². The van der Waals surface area contributed by atoms with Crippen LogP contribution in [0.4, 0.5) is 0 Å². The Hall–Kier alpha value is -1.02. The maximum absolute atomic E-state index is 5.72. The molecule has 0 amide bonds. The maximum Gasteiger partial charge on any atom is 0.119 e. The van der Waals surface area contributed by atoms with E-state index in [4.69, 9.17) is 4.74 Å². The normalized spacial score (nSPS) is 10.8. The fraction of sp³-hybridized carbons (Fsp3) is 0.571. The van der Waals surface area contributed by atoms with Crippen LogP contribution in [0.3, 0.4) is 0 Å². The molecule has 2 heteroatoms. The molecule has 1 aromatic carbocycles. The fourth-order valence-corrected chi connectivity index (χ4v) is 1.63. The first-order valence-corrected chi connectivity index (χ1v) is 6.08. The molecule has 90 valence electrons. The lowest BCUT2D eigenvalue weighted by atomic mass is 10.1. The van der Waals surface area contributed by atoms with Gasteiger partial charge < -0.3 is 10.1 Å². The number of hydrogen-bond acceptors (Lipinski definition) is 2. The van der Waals surface area contributed by atoms with Crippen molar-refractivity contribution in [2.45, 2.75) is 33.2 Å². The van der Waals surface area contributed by atoms with Crippen LogP contribution in [0.15, 0.2) is 24.3 Å². The maximum atomic E-state index is 5.72. The highest BCUT2D eigenvalue weighted by Crippen LogP contribution is 2.14. The van der Waals surface area contributed by atoms with Gasteiger partial charge in [-0.15, -0.1) is 0 Å². The summed E-state index contributed by atoms with van der Waals surface area (Å²) in [6, 6.07) is 8.28. The lowest BCUT2D eigenvalue weighted by Crippen LogP contribution is -2.05. The summed E-state index contributed by atoms with van der Waals surface area (Å²) in [7, 11) is 1.95. The zero-order valence-corrected chi connectivity index (χ0v) is 10.6. The van der Waals surface area contributed by atoms with Gasteiger partial charge in [-0.3, -0.25) is 0 Å². The van der Waals surface area contributed by atoms with E-state index in [0.717, 1.165) is 31.2 Å². The van der Waals surface area contributed by atoms with Crippen LogP contribution in [0.1, 0.15) is 32.3 Å². The first-order valence-electron chi connectivity index (χ1n) is 6.08. The van der Waals surface area contributed by atoms with E-state index in [9.17, 15) is 0 Å². The Kier molecular flexibility index (Phi) is 5.94. The minimum Gasteiger partial charge on any atom is -0.494 e. The van der Waals surface area contributed by atoms with Gasteiger partial charge in [-0.05, 0) is 43.5 Å². The minimum absolute atomic E-state index is 0.763. The predicted octanol–water partition coefficient (Wildman–Crippen LogP) is 3.22. The molecule has 0 heterocycles. The summed E-state index contributed by atoms with van der Waals surface area (Å²) in [5, 5.41) is 3.14. The van der Waals surface area contributed by atoms with Crippen molar-refractivity contribution in [1.82, 2.24) is 5.32 Å². The van der Waals surface area contributed by atoms with Crippen LogP contribution >= 0.6 is 0 Å². The molecule has 0 unspecified atom stereocenters. The molecule has 0 fully saturated rings. The van der Waals surface area contributed by atoms with Crippen molar-refractivity contribution >= 4 is 0 Å². The zero-order chi connectivity index (χ0) is 11.8. The number of rotatable bonds is 7. The smallest absolute Gasteiger partial charge is 0.119 e. The summed E-state index contributed by atoms with van der Waals surface area (Å²) in [5.74, 6) is 1.75. The van der Waals surface area contributed by atoms with Gasteiger partial charge in [0.2, 0.25) is 0 Å². The standard InChI is InChI=1S/C14H23NO/c1-12(2)6-5-9-16-14-8-4-7-13(10-14)11-15-3/h4,7-8,10,12,15H,5-6,9,11H2,1-3H3. The van der Waals surface area contributed by atoms with Crippen molar-refractivity contribution in [2.24, 2.45) is 5.92 Å². The summed E-state index contributed by atoms with van der Waals surface area (Å²) < 4.78 is 5.72. The van der Waals surface area contributed by atoms with Crippen molar-refractivity contribution < 1.29 is 4.74 Å². The van der Waals surface area contributed by atoms with E-state index in [1.165, 1.54) is 12.0 Å². The molecule has 1 aromatic rings. The van der Waals surface area contributed by atoms with Crippen LogP contribution in [-0.2, 0) is 6.54 Å². The highest BCUT2D eigenvalue weighted by Gasteiger charge is 1.97. The van der Waals surface area contributed by atoms with E-state index in [0.29, 0.717) is 0 Å². The van der Waals surface area contributed by atoms with Gasteiger partial charge in [0.25, 0.3) is 0 Å². The van der Waals surface area contributed by atoms with Crippen molar-refractivity contribution in [3.63, 3.8) is 0 Å². The molecular weight excluding hydrogens is 198 g/mol. The molecule has 0 aliphatic heterocycles. The molecule has 0 aliphatic carbocycles. The van der Waals surface area contributed by atoms with Crippen LogP contribution < -0.4 is 10.1 Å². The molecule has 0 saturated carbocycles. The van der Waals surface area contributed by atoms with E-state index < -0.39 is 0 Å². The van der Waals surface area contributed by atoms with E-state index in [1.54, 1.807) is 0 Å². The summed E-state index contributed by atoms with van der Waals surface area (Å²) in [4.78, 5) is 0. The fourth-order valence-electron chi connectivity index (χ4n) is 1.63. The number of nitrogens with one attached hydrogen (secondary N) is 1. The first kappa shape index (κ1) is 13.0. The molecule has 16 heavy (non-hydrogen) atoms. The number of ether oxygens (including phenoxy) is 1. The monoisotopic (exact) mass is 221 g/mol. The minimum atomic E-state index is 0.763. The Morgan fingerprint density at radius 3 is 2.81 bits per heavy atom. The van der Waals surface area contributed by atoms with E-state index >= 15 is 0 Å². The SMILES string of the molecule is CNCc1cccc(OCCCC(C)C)c1. The van der Waals surface area contributed by atoms with Gasteiger partial charge in [-0.25, -0.2) is 0 Å². The Morgan fingerprint density at radius 2 is 2.12 bits per heavy atom. The van der Waals surface area contributed by atoms with Gasteiger partial charge in [0.05, 0.1) is 6.61 Å². The molecular formula is C14H23NO. The van der Waals surface area contributed by atoms with Crippen LogP contribution in [0.5, 0.6) is 5.75 Å². The molecule has 0 aromatic heterocycles. The Bertz CT molecular complexity index is 297. The summed E-state index contributed by atoms with van der Waals surface area (Å²) in [6.07, 6.45) is 2.37. The zero-order valence-electron chi connectivity index (χ0n) is 10.6. The average Bonchev–Trinajstić information content (AvgIpc) is 2.25. The quantitative estimate of drug-likeness (QED) is 0.714. The van der Waals surface area contributed by atoms with Crippen LogP contribution in [0, 0.1) is 5.92 Å². The summed E-state index contributed by atoms with van der Waals surface area (Å²) >= 11 is 0. The highest BCUT2D eigenvalue weighted by atomic mass is 16.5. The lowest BCUT2D eigenvalue weighted by molar-refractivity contribution is 0.297. The average molecular weight is 221 g/mol.